The number of hydrogen-bond acceptors (Lipinski definition) is 1. The highest BCUT2D eigenvalue weighted by atomic mass is 79.9. The Balaban J connectivity index is 2.01. The molecular weight excluding hydrogens is 374 g/mol. The van der Waals surface area contributed by atoms with Crippen LogP contribution in [0.3, 0.4) is 0 Å². The van der Waals surface area contributed by atoms with Crippen molar-refractivity contribution in [1.29, 1.82) is 0 Å². The normalized spacial score (nSPS) is 11.2. The van der Waals surface area contributed by atoms with E-state index >= 15 is 0 Å². The molecule has 0 amide bonds. The first-order valence-electron chi connectivity index (χ1n) is 7.14. The Kier molecular flexibility index (Phi) is 3.47. The minimum atomic E-state index is -0.0290. The zero-order valence-electron chi connectivity index (χ0n) is 12.0. The van der Waals surface area contributed by atoms with Crippen molar-refractivity contribution in [2.24, 2.45) is 0 Å². The first-order chi connectivity index (χ1) is 11.1. The fraction of sp³-hybridized carbons (Fsp3) is 0. The lowest BCUT2D eigenvalue weighted by molar-refractivity contribution is 0.103. The molecule has 2 heterocycles. The van der Waals surface area contributed by atoms with Gasteiger partial charge in [0.05, 0.1) is 16.7 Å². The minimum Gasteiger partial charge on any atom is -0.305 e. The van der Waals surface area contributed by atoms with E-state index in [4.69, 9.17) is 11.6 Å². The zero-order valence-corrected chi connectivity index (χ0v) is 14.3. The van der Waals surface area contributed by atoms with Gasteiger partial charge in [-0.2, -0.15) is 0 Å². The lowest BCUT2D eigenvalue weighted by Gasteiger charge is -2.07. The third-order valence-corrected chi connectivity index (χ3v) is 4.81. The van der Waals surface area contributed by atoms with Gasteiger partial charge >= 0.3 is 0 Å². The number of benzene rings is 2. The number of halogens is 2. The van der Waals surface area contributed by atoms with Crippen LogP contribution in [0.1, 0.15) is 16.1 Å². The van der Waals surface area contributed by atoms with Crippen LogP contribution in [0.25, 0.3) is 16.4 Å². The summed E-state index contributed by atoms with van der Waals surface area (Å²) >= 11 is 9.48. The average molecular weight is 385 g/mol. The van der Waals surface area contributed by atoms with E-state index in [1.165, 1.54) is 0 Å². The highest BCUT2D eigenvalue weighted by molar-refractivity contribution is 9.10. The van der Waals surface area contributed by atoms with Gasteiger partial charge in [-0.25, -0.2) is 0 Å². The molecule has 0 unspecified atom stereocenters. The number of ketones is 1. The topological polar surface area (TPSA) is 21.5 Å². The molecule has 2 aromatic heterocycles. The summed E-state index contributed by atoms with van der Waals surface area (Å²) < 4.78 is 2.90. The van der Waals surface area contributed by atoms with Gasteiger partial charge < -0.3 is 4.40 Å². The standard InChI is InChI=1S/C19H11BrClNO/c20-15-11-18(19(23)13-5-8-14(21)9-6-13)22-16-4-2-1-3-12(16)7-10-17(15)22/h1-11H. The molecule has 4 rings (SSSR count). The Morgan fingerprint density at radius 3 is 2.43 bits per heavy atom. The first-order valence-corrected chi connectivity index (χ1v) is 8.31. The highest BCUT2D eigenvalue weighted by Crippen LogP contribution is 2.29. The molecule has 4 heteroatoms. The number of carbonyl (C=O) groups excluding carboxylic acids is 1. The second-order valence-corrected chi connectivity index (χ2v) is 6.62. The second-order valence-electron chi connectivity index (χ2n) is 5.33. The molecule has 0 aliphatic heterocycles. The van der Waals surface area contributed by atoms with Crippen molar-refractivity contribution in [3.8, 4) is 0 Å². The van der Waals surface area contributed by atoms with E-state index in [1.54, 1.807) is 24.3 Å². The van der Waals surface area contributed by atoms with Gasteiger partial charge in [0.2, 0.25) is 5.78 Å². The zero-order chi connectivity index (χ0) is 16.0. The molecule has 0 aliphatic rings. The lowest BCUT2D eigenvalue weighted by Crippen LogP contribution is -2.05. The molecule has 0 bridgehead atoms. The van der Waals surface area contributed by atoms with Crippen molar-refractivity contribution in [3.63, 3.8) is 0 Å². The Bertz CT molecular complexity index is 1050. The summed E-state index contributed by atoms with van der Waals surface area (Å²) in [5.41, 5.74) is 3.23. The number of hydrogen-bond donors (Lipinski definition) is 0. The SMILES string of the molecule is O=C(c1ccc(Cl)cc1)c1cc(Br)c2ccc3ccccc3n12. The number of pyridine rings is 1. The van der Waals surface area contributed by atoms with Crippen molar-refractivity contribution in [3.05, 3.63) is 87.5 Å². The van der Waals surface area contributed by atoms with Crippen molar-refractivity contribution in [1.82, 2.24) is 4.40 Å². The van der Waals surface area contributed by atoms with Gasteiger partial charge in [-0.3, -0.25) is 4.79 Å². The number of para-hydroxylation sites is 1. The largest absolute Gasteiger partial charge is 0.305 e. The third kappa shape index (κ3) is 2.37. The fourth-order valence-corrected chi connectivity index (χ4v) is 3.48. The van der Waals surface area contributed by atoms with Gasteiger partial charge in [-0.05, 0) is 63.8 Å². The summed E-state index contributed by atoms with van der Waals surface area (Å²) in [7, 11) is 0. The molecule has 2 aromatic carbocycles. The molecule has 2 nitrogen and oxygen atoms in total. The minimum absolute atomic E-state index is 0.0290. The number of aromatic nitrogens is 1. The number of carbonyl (C=O) groups is 1. The third-order valence-electron chi connectivity index (χ3n) is 3.93. The van der Waals surface area contributed by atoms with Gasteiger partial charge in [0.15, 0.2) is 0 Å². The fourth-order valence-electron chi connectivity index (χ4n) is 2.83. The number of fused-ring (bicyclic) bond motifs is 3. The number of nitrogens with zero attached hydrogens (tertiary/aromatic N) is 1. The predicted molar refractivity (Wildman–Crippen MR) is 97.5 cm³/mol. The Hall–Kier alpha value is -2.10. The highest BCUT2D eigenvalue weighted by Gasteiger charge is 2.17. The van der Waals surface area contributed by atoms with E-state index in [-0.39, 0.29) is 5.78 Å². The molecule has 0 fully saturated rings. The summed E-state index contributed by atoms with van der Waals surface area (Å²) in [6, 6.07) is 21.0. The first kappa shape index (κ1) is 14.5. The smallest absolute Gasteiger partial charge is 0.209 e. The van der Waals surface area contributed by atoms with E-state index < -0.39 is 0 Å². The van der Waals surface area contributed by atoms with Crippen LogP contribution in [0, 0.1) is 0 Å². The van der Waals surface area contributed by atoms with E-state index in [2.05, 4.69) is 22.0 Å². The maximum atomic E-state index is 12.9. The molecule has 0 atom stereocenters. The molecule has 0 N–H and O–H groups in total. The van der Waals surface area contributed by atoms with Crippen LogP contribution in [0.4, 0.5) is 0 Å². The van der Waals surface area contributed by atoms with E-state index in [9.17, 15) is 4.79 Å². The molecule has 0 saturated heterocycles. The Labute approximate surface area is 146 Å². The van der Waals surface area contributed by atoms with Crippen LogP contribution in [0.5, 0.6) is 0 Å². The maximum absolute atomic E-state index is 12.9. The second kappa shape index (κ2) is 5.52. The van der Waals surface area contributed by atoms with Crippen molar-refractivity contribution < 1.29 is 4.79 Å². The van der Waals surface area contributed by atoms with E-state index in [0.29, 0.717) is 16.3 Å². The molecule has 112 valence electrons. The van der Waals surface area contributed by atoms with Gasteiger partial charge in [0.25, 0.3) is 0 Å². The molecule has 4 aromatic rings. The van der Waals surface area contributed by atoms with Crippen LogP contribution in [0.2, 0.25) is 5.02 Å². The van der Waals surface area contributed by atoms with Crippen LogP contribution < -0.4 is 0 Å². The molecule has 0 spiro atoms. The van der Waals surface area contributed by atoms with Crippen molar-refractivity contribution in [2.75, 3.05) is 0 Å². The van der Waals surface area contributed by atoms with Gasteiger partial charge in [-0.15, -0.1) is 0 Å². The molecule has 0 aliphatic carbocycles. The predicted octanol–water partition coefficient (Wildman–Crippen LogP) is 5.74. The Morgan fingerprint density at radius 2 is 1.65 bits per heavy atom. The monoisotopic (exact) mass is 383 g/mol. The van der Waals surface area contributed by atoms with Crippen LogP contribution in [-0.2, 0) is 0 Å². The summed E-state index contributed by atoms with van der Waals surface area (Å²) in [6.45, 7) is 0. The van der Waals surface area contributed by atoms with Gasteiger partial charge in [-0.1, -0.05) is 35.9 Å². The van der Waals surface area contributed by atoms with Crippen LogP contribution in [-0.4, -0.2) is 10.2 Å². The van der Waals surface area contributed by atoms with E-state index in [0.717, 1.165) is 20.9 Å². The lowest BCUT2D eigenvalue weighted by atomic mass is 10.1. The molecule has 0 radical (unpaired) electrons. The summed E-state index contributed by atoms with van der Waals surface area (Å²) in [6.07, 6.45) is 0. The Morgan fingerprint density at radius 1 is 0.913 bits per heavy atom. The van der Waals surface area contributed by atoms with Crippen molar-refractivity contribution in [2.45, 2.75) is 0 Å². The van der Waals surface area contributed by atoms with Gasteiger partial charge in [0, 0.05) is 15.1 Å². The quantitative estimate of drug-likeness (QED) is 0.404. The molecular formula is C19H11BrClNO. The maximum Gasteiger partial charge on any atom is 0.209 e. The van der Waals surface area contributed by atoms with Gasteiger partial charge in [0.1, 0.15) is 0 Å². The summed E-state index contributed by atoms with van der Waals surface area (Å²) in [5, 5.41) is 1.71. The molecule has 0 saturated carbocycles. The van der Waals surface area contributed by atoms with Crippen molar-refractivity contribution >= 4 is 49.7 Å². The van der Waals surface area contributed by atoms with Crippen LogP contribution >= 0.6 is 27.5 Å². The number of rotatable bonds is 2. The van der Waals surface area contributed by atoms with E-state index in [1.807, 2.05) is 40.8 Å². The summed E-state index contributed by atoms with van der Waals surface area (Å²) in [4.78, 5) is 12.9. The van der Waals surface area contributed by atoms with Crippen LogP contribution in [0.15, 0.2) is 71.2 Å². The average Bonchev–Trinajstić information content (AvgIpc) is 2.92. The summed E-state index contributed by atoms with van der Waals surface area (Å²) in [5.74, 6) is -0.0290. The molecule has 23 heavy (non-hydrogen) atoms.